The summed E-state index contributed by atoms with van der Waals surface area (Å²) in [6.45, 7) is 5.66. The van der Waals surface area contributed by atoms with Crippen LogP contribution in [0.3, 0.4) is 0 Å². The molecule has 74 valence electrons. The molecule has 0 aromatic rings. The maximum absolute atomic E-state index is 8.58. The Hall–Kier alpha value is -1.43. The molecule has 0 unspecified atom stereocenters. The Balaban J connectivity index is -0.000000137. The zero-order valence-corrected chi connectivity index (χ0v) is 7.79. The highest BCUT2D eigenvalue weighted by Crippen LogP contribution is 1.77. The second-order valence-electron chi connectivity index (χ2n) is 1.38. The van der Waals surface area contributed by atoms with Crippen LogP contribution < -0.4 is 28.5 Å². The van der Waals surface area contributed by atoms with Crippen molar-refractivity contribution in [2.75, 3.05) is 0 Å². The lowest BCUT2D eigenvalue weighted by atomic mass is 10.5. The molecule has 0 fully saturated rings. The summed E-state index contributed by atoms with van der Waals surface area (Å²) < 4.78 is 0. The Labute approximate surface area is 72.9 Å². The minimum Gasteiger partial charge on any atom is -0.399 e. The molecule has 0 rings (SSSR count). The lowest BCUT2D eigenvalue weighted by molar-refractivity contribution is -0.106. The predicted molar refractivity (Wildman–Crippen MR) is 50.0 cm³/mol. The average molecular weight is 177 g/mol. The van der Waals surface area contributed by atoms with Gasteiger partial charge in [-0.1, -0.05) is 13.8 Å². The maximum atomic E-state index is 8.58. The summed E-state index contributed by atoms with van der Waals surface area (Å²) in [4.78, 5) is 8.58. The molecule has 0 radical (unpaired) electrons. The largest absolute Gasteiger partial charge is 0.399 e. The lowest BCUT2D eigenvalue weighted by Gasteiger charge is -1.98. The van der Waals surface area contributed by atoms with Gasteiger partial charge in [0.15, 0.2) is 0 Å². The molecule has 6 heteroatoms. The van der Waals surface area contributed by atoms with Gasteiger partial charge in [0.1, 0.15) is 5.82 Å². The number of carbonyl (C=O) groups is 1. The van der Waals surface area contributed by atoms with E-state index in [0.717, 1.165) is 0 Å². The van der Waals surface area contributed by atoms with E-state index >= 15 is 0 Å². The molecule has 9 N–H and O–H groups in total. The molecule has 0 aromatic carbocycles. The Morgan fingerprint density at radius 1 is 1.33 bits per heavy atom. The van der Waals surface area contributed by atoms with Crippen molar-refractivity contribution < 1.29 is 4.79 Å². The molecule has 0 aliphatic carbocycles. The molecule has 0 spiro atoms. The van der Waals surface area contributed by atoms with Gasteiger partial charge in [0.25, 0.3) is 0 Å². The minimum atomic E-state index is 0.250. The Morgan fingerprint density at radius 2 is 1.58 bits per heavy atom. The number of allylic oxidation sites excluding steroid dienone is 1. The quantitative estimate of drug-likeness (QED) is 0.192. The normalized spacial score (nSPS) is 9.00. The molecule has 0 aliphatic heterocycles. The van der Waals surface area contributed by atoms with Crippen LogP contribution in [0.1, 0.15) is 20.8 Å². The fourth-order valence-electron chi connectivity index (χ4n) is 0.114. The van der Waals surface area contributed by atoms with E-state index in [0.29, 0.717) is 11.5 Å². The standard InChI is InChI=1S/C3H10N4.C2H6.CH3NO/c1-2(4)3(5)7-6;1-2;2-1-3/h7H,4-6H2,1H3;1-2H3;1H,(H2,2,3)/b3-2-;;. The number of amides is 1. The maximum Gasteiger partial charge on any atom is 0.204 e. The van der Waals surface area contributed by atoms with E-state index in [1.165, 1.54) is 0 Å². The van der Waals surface area contributed by atoms with Gasteiger partial charge in [0.05, 0.1) is 0 Å². The number of hydrazine groups is 1. The van der Waals surface area contributed by atoms with Crippen LogP contribution in [0.15, 0.2) is 11.5 Å². The summed E-state index contributed by atoms with van der Waals surface area (Å²) in [6, 6.07) is 0. The monoisotopic (exact) mass is 177 g/mol. The summed E-state index contributed by atoms with van der Waals surface area (Å²) in [5.41, 5.74) is 17.2. The van der Waals surface area contributed by atoms with Crippen molar-refractivity contribution in [3.8, 4) is 0 Å². The third-order valence-electron chi connectivity index (χ3n) is 0.580. The predicted octanol–water partition coefficient (Wildman–Crippen LogP) is -1.32. The summed E-state index contributed by atoms with van der Waals surface area (Å²) in [7, 11) is 0. The average Bonchev–Trinajstić information content (AvgIpc) is 2.08. The van der Waals surface area contributed by atoms with Crippen LogP contribution in [0.25, 0.3) is 0 Å². The highest BCUT2D eigenvalue weighted by Gasteiger charge is 1.83. The van der Waals surface area contributed by atoms with Crippen LogP contribution in [0.2, 0.25) is 0 Å². The smallest absolute Gasteiger partial charge is 0.204 e. The van der Waals surface area contributed by atoms with E-state index in [9.17, 15) is 0 Å². The Bertz CT molecular complexity index is 119. The van der Waals surface area contributed by atoms with Crippen LogP contribution >= 0.6 is 0 Å². The van der Waals surface area contributed by atoms with Crippen molar-refractivity contribution in [3.63, 3.8) is 0 Å². The van der Waals surface area contributed by atoms with E-state index in [1.54, 1.807) is 6.92 Å². The molecular weight excluding hydrogens is 158 g/mol. The highest BCUT2D eigenvalue weighted by atomic mass is 16.1. The van der Waals surface area contributed by atoms with Crippen molar-refractivity contribution in [1.82, 2.24) is 5.43 Å². The van der Waals surface area contributed by atoms with E-state index in [4.69, 9.17) is 22.1 Å². The molecule has 0 saturated heterocycles. The van der Waals surface area contributed by atoms with Gasteiger partial charge in [0.2, 0.25) is 6.41 Å². The van der Waals surface area contributed by atoms with Crippen molar-refractivity contribution in [3.05, 3.63) is 11.5 Å². The van der Waals surface area contributed by atoms with Crippen LogP contribution in [-0.2, 0) is 4.79 Å². The van der Waals surface area contributed by atoms with Crippen molar-refractivity contribution in [2.24, 2.45) is 23.0 Å². The van der Waals surface area contributed by atoms with E-state index in [2.05, 4.69) is 11.2 Å². The molecule has 1 amide bonds. The number of primary amides is 1. The molecule has 6 nitrogen and oxygen atoms in total. The van der Waals surface area contributed by atoms with Gasteiger partial charge in [-0.3, -0.25) is 4.79 Å². The Morgan fingerprint density at radius 3 is 1.58 bits per heavy atom. The molecule has 0 heterocycles. The van der Waals surface area contributed by atoms with Gasteiger partial charge < -0.3 is 22.6 Å². The highest BCUT2D eigenvalue weighted by molar-refractivity contribution is 5.42. The minimum absolute atomic E-state index is 0.250. The fraction of sp³-hybridized carbons (Fsp3) is 0.500. The van der Waals surface area contributed by atoms with Gasteiger partial charge in [-0.2, -0.15) is 0 Å². The van der Waals surface area contributed by atoms with Crippen LogP contribution in [0.5, 0.6) is 0 Å². The molecule has 0 bridgehead atoms. The van der Waals surface area contributed by atoms with Gasteiger partial charge in [-0.15, -0.1) is 0 Å². The first-order chi connectivity index (χ1) is 5.59. The third kappa shape index (κ3) is 23.5. The summed E-state index contributed by atoms with van der Waals surface area (Å²) >= 11 is 0. The molecule has 0 atom stereocenters. The second-order valence-corrected chi connectivity index (χ2v) is 1.38. The van der Waals surface area contributed by atoms with E-state index in [-0.39, 0.29) is 6.41 Å². The zero-order chi connectivity index (χ0) is 10.6. The molecule has 0 aliphatic rings. The van der Waals surface area contributed by atoms with E-state index in [1.807, 2.05) is 13.8 Å². The molecule has 0 saturated carbocycles. The van der Waals surface area contributed by atoms with Crippen LogP contribution in [0, 0.1) is 0 Å². The molecular formula is C6H19N5O. The second kappa shape index (κ2) is 16.3. The fourth-order valence-corrected chi connectivity index (χ4v) is 0.114. The number of rotatable bonds is 1. The van der Waals surface area contributed by atoms with Crippen molar-refractivity contribution in [2.45, 2.75) is 20.8 Å². The van der Waals surface area contributed by atoms with Crippen molar-refractivity contribution in [1.29, 1.82) is 0 Å². The summed E-state index contributed by atoms with van der Waals surface area (Å²) in [6.07, 6.45) is 0.250. The van der Waals surface area contributed by atoms with E-state index < -0.39 is 0 Å². The summed E-state index contributed by atoms with van der Waals surface area (Å²) in [5, 5.41) is 0. The molecule has 0 aromatic heterocycles. The summed E-state index contributed by atoms with van der Waals surface area (Å²) in [5.74, 6) is 5.18. The Kier molecular flexibility index (Phi) is 22.9. The molecule has 12 heavy (non-hydrogen) atoms. The number of nitrogens with two attached hydrogens (primary N) is 4. The van der Waals surface area contributed by atoms with Gasteiger partial charge in [-0.25, -0.2) is 5.84 Å². The van der Waals surface area contributed by atoms with Gasteiger partial charge >= 0.3 is 0 Å². The lowest BCUT2D eigenvalue weighted by Crippen LogP contribution is -2.29. The van der Waals surface area contributed by atoms with Gasteiger partial charge in [-0.05, 0) is 6.92 Å². The number of hydrogen-bond donors (Lipinski definition) is 5. The van der Waals surface area contributed by atoms with Crippen LogP contribution in [-0.4, -0.2) is 6.41 Å². The topological polar surface area (TPSA) is 133 Å². The third-order valence-corrected chi connectivity index (χ3v) is 0.580. The van der Waals surface area contributed by atoms with Crippen molar-refractivity contribution >= 4 is 6.41 Å². The first kappa shape index (κ1) is 16.9. The first-order valence-corrected chi connectivity index (χ1v) is 3.44. The SMILES string of the molecule is C/C(N)=C(\N)NN.CC.NC=O. The number of carbonyl (C=O) groups excluding carboxylic acids is 1. The van der Waals surface area contributed by atoms with Crippen LogP contribution in [0.4, 0.5) is 0 Å². The number of hydrogen-bond acceptors (Lipinski definition) is 5. The zero-order valence-electron chi connectivity index (χ0n) is 7.79. The number of nitrogens with one attached hydrogen (secondary N) is 1. The van der Waals surface area contributed by atoms with Gasteiger partial charge in [0, 0.05) is 5.70 Å². The first-order valence-electron chi connectivity index (χ1n) is 3.44.